The molecule has 1 unspecified atom stereocenters. The van der Waals surface area contributed by atoms with Crippen LogP contribution in [0.5, 0.6) is 0 Å². The third-order valence-electron chi connectivity index (χ3n) is 6.31. The number of amides is 1. The second-order valence-electron chi connectivity index (χ2n) is 8.53. The Labute approximate surface area is 174 Å². The van der Waals surface area contributed by atoms with Crippen LogP contribution in [0.4, 0.5) is 5.69 Å². The minimum absolute atomic E-state index is 0.179. The molecule has 2 heterocycles. The van der Waals surface area contributed by atoms with Crippen molar-refractivity contribution >= 4 is 11.6 Å². The molecule has 0 aliphatic carbocycles. The molecule has 1 N–H and O–H groups in total. The van der Waals surface area contributed by atoms with E-state index in [9.17, 15) is 4.79 Å². The molecule has 2 aromatic carbocycles. The number of carbonyl (C=O) groups excluding carboxylic acids is 1. The number of benzene rings is 2. The predicted molar refractivity (Wildman–Crippen MR) is 119 cm³/mol. The van der Waals surface area contributed by atoms with E-state index in [2.05, 4.69) is 70.6 Å². The van der Waals surface area contributed by atoms with Gasteiger partial charge >= 0.3 is 0 Å². The molecule has 2 saturated heterocycles. The number of aryl methyl sites for hydroxylation is 2. The first-order chi connectivity index (χ1) is 14.2. The average molecular weight is 392 g/mol. The highest BCUT2D eigenvalue weighted by atomic mass is 16.1. The monoisotopic (exact) mass is 391 g/mol. The van der Waals surface area contributed by atoms with Crippen LogP contribution in [0.2, 0.25) is 0 Å². The van der Waals surface area contributed by atoms with Crippen LogP contribution in [-0.2, 0) is 11.2 Å². The lowest BCUT2D eigenvalue weighted by atomic mass is 10.0. The highest BCUT2D eigenvalue weighted by molar-refractivity contribution is 5.78. The van der Waals surface area contributed by atoms with Gasteiger partial charge in [-0.25, -0.2) is 0 Å². The van der Waals surface area contributed by atoms with Gasteiger partial charge in [-0.3, -0.25) is 9.69 Å². The molecular formula is C25H33N3O. The van der Waals surface area contributed by atoms with Crippen LogP contribution in [0.15, 0.2) is 48.5 Å². The molecule has 0 radical (unpaired) electrons. The minimum Gasteiger partial charge on any atom is -0.369 e. The second kappa shape index (κ2) is 9.45. The number of unbranched alkanes of at least 4 members (excludes halogenated alkanes) is 1. The van der Waals surface area contributed by atoms with Gasteiger partial charge in [-0.1, -0.05) is 36.4 Å². The van der Waals surface area contributed by atoms with E-state index >= 15 is 0 Å². The van der Waals surface area contributed by atoms with Crippen molar-refractivity contribution in [1.29, 1.82) is 0 Å². The molecule has 29 heavy (non-hydrogen) atoms. The number of carbonyl (C=O) groups is 1. The van der Waals surface area contributed by atoms with E-state index in [0.29, 0.717) is 6.42 Å². The largest absolute Gasteiger partial charge is 0.369 e. The van der Waals surface area contributed by atoms with Crippen molar-refractivity contribution in [1.82, 2.24) is 10.2 Å². The van der Waals surface area contributed by atoms with Crippen LogP contribution < -0.4 is 10.2 Å². The molecule has 0 saturated carbocycles. The van der Waals surface area contributed by atoms with Gasteiger partial charge in [0.15, 0.2) is 0 Å². The Balaban J connectivity index is 1.15. The van der Waals surface area contributed by atoms with Crippen molar-refractivity contribution in [2.24, 2.45) is 0 Å². The van der Waals surface area contributed by atoms with Crippen LogP contribution in [0.1, 0.15) is 48.4 Å². The Morgan fingerprint density at radius 3 is 2.48 bits per heavy atom. The topological polar surface area (TPSA) is 35.6 Å². The van der Waals surface area contributed by atoms with Gasteiger partial charge in [0.2, 0.25) is 5.91 Å². The standard InChI is InChI=1S/C25H33N3O/c1-20-5-4-7-23(19-20)28-17-15-27(16-18-28)14-3-2-6-21-8-10-22(11-9-21)24-12-13-25(29)26-24/h4-5,7-11,19,24H,2-3,6,12-18H2,1H3,(H,26,29). The van der Waals surface area contributed by atoms with Crippen LogP contribution in [0, 0.1) is 6.92 Å². The van der Waals surface area contributed by atoms with Gasteiger partial charge in [-0.2, -0.15) is 0 Å². The highest BCUT2D eigenvalue weighted by Crippen LogP contribution is 2.24. The third-order valence-corrected chi connectivity index (χ3v) is 6.31. The molecule has 4 nitrogen and oxygen atoms in total. The molecule has 154 valence electrons. The summed E-state index contributed by atoms with van der Waals surface area (Å²) >= 11 is 0. The van der Waals surface area contributed by atoms with Gasteiger partial charge in [-0.15, -0.1) is 0 Å². The van der Waals surface area contributed by atoms with E-state index < -0.39 is 0 Å². The van der Waals surface area contributed by atoms with E-state index in [-0.39, 0.29) is 11.9 Å². The first-order valence-corrected chi connectivity index (χ1v) is 11.1. The SMILES string of the molecule is Cc1cccc(N2CCN(CCCCc3ccc(C4CCC(=O)N4)cc3)CC2)c1. The normalized spacial score (nSPS) is 20.1. The summed E-state index contributed by atoms with van der Waals surface area (Å²) in [6.45, 7) is 7.95. The van der Waals surface area contributed by atoms with E-state index in [1.807, 2.05) is 0 Å². The van der Waals surface area contributed by atoms with Crippen molar-refractivity contribution in [3.05, 3.63) is 65.2 Å². The van der Waals surface area contributed by atoms with Gasteiger partial charge < -0.3 is 10.2 Å². The van der Waals surface area contributed by atoms with Crippen LogP contribution in [0.3, 0.4) is 0 Å². The number of hydrogen-bond acceptors (Lipinski definition) is 3. The summed E-state index contributed by atoms with van der Waals surface area (Å²) in [6, 6.07) is 17.9. The first-order valence-electron chi connectivity index (χ1n) is 11.1. The van der Waals surface area contributed by atoms with Gasteiger partial charge in [0.1, 0.15) is 0 Å². The molecular weight excluding hydrogens is 358 g/mol. The van der Waals surface area contributed by atoms with Crippen LogP contribution in [0.25, 0.3) is 0 Å². The van der Waals surface area contributed by atoms with Crippen molar-refractivity contribution in [2.75, 3.05) is 37.6 Å². The van der Waals surface area contributed by atoms with Crippen molar-refractivity contribution in [2.45, 2.75) is 45.1 Å². The lowest BCUT2D eigenvalue weighted by molar-refractivity contribution is -0.119. The summed E-state index contributed by atoms with van der Waals surface area (Å²) in [6.07, 6.45) is 5.21. The number of rotatable bonds is 7. The number of hydrogen-bond donors (Lipinski definition) is 1. The summed E-state index contributed by atoms with van der Waals surface area (Å²) in [5.74, 6) is 0.179. The maximum absolute atomic E-state index is 11.4. The third kappa shape index (κ3) is 5.39. The summed E-state index contributed by atoms with van der Waals surface area (Å²) < 4.78 is 0. The van der Waals surface area contributed by atoms with E-state index in [4.69, 9.17) is 0 Å². The maximum atomic E-state index is 11.4. The predicted octanol–water partition coefficient (Wildman–Crippen LogP) is 4.09. The fourth-order valence-electron chi connectivity index (χ4n) is 4.50. The summed E-state index contributed by atoms with van der Waals surface area (Å²) in [7, 11) is 0. The molecule has 1 amide bonds. The average Bonchev–Trinajstić information content (AvgIpc) is 3.18. The van der Waals surface area contributed by atoms with Gasteiger partial charge in [0, 0.05) is 38.3 Å². The Bertz CT molecular complexity index is 809. The highest BCUT2D eigenvalue weighted by Gasteiger charge is 2.22. The molecule has 2 fully saturated rings. The lowest BCUT2D eigenvalue weighted by Gasteiger charge is -2.36. The number of nitrogens with zero attached hydrogens (tertiary/aromatic N) is 2. The van der Waals surface area contributed by atoms with Crippen molar-refractivity contribution in [3.63, 3.8) is 0 Å². The quantitative estimate of drug-likeness (QED) is 0.722. The van der Waals surface area contributed by atoms with Gasteiger partial charge in [0.05, 0.1) is 6.04 Å². The van der Waals surface area contributed by atoms with Crippen LogP contribution >= 0.6 is 0 Å². The first kappa shape index (κ1) is 20.0. The number of piperazine rings is 1. The Hall–Kier alpha value is -2.33. The van der Waals surface area contributed by atoms with Gasteiger partial charge in [0.25, 0.3) is 0 Å². The van der Waals surface area contributed by atoms with Crippen LogP contribution in [-0.4, -0.2) is 43.5 Å². The Morgan fingerprint density at radius 2 is 1.79 bits per heavy atom. The van der Waals surface area contributed by atoms with Crippen molar-refractivity contribution in [3.8, 4) is 0 Å². The summed E-state index contributed by atoms with van der Waals surface area (Å²) in [5, 5.41) is 3.05. The smallest absolute Gasteiger partial charge is 0.220 e. The molecule has 4 heteroatoms. The maximum Gasteiger partial charge on any atom is 0.220 e. The zero-order valence-electron chi connectivity index (χ0n) is 17.6. The number of anilines is 1. The molecule has 2 aliphatic heterocycles. The van der Waals surface area contributed by atoms with E-state index in [1.165, 1.54) is 41.8 Å². The molecule has 4 rings (SSSR count). The fraction of sp³-hybridized carbons (Fsp3) is 0.480. The molecule has 1 atom stereocenters. The summed E-state index contributed by atoms with van der Waals surface area (Å²) in [4.78, 5) is 16.5. The van der Waals surface area contributed by atoms with E-state index in [1.54, 1.807) is 0 Å². The van der Waals surface area contributed by atoms with Gasteiger partial charge in [-0.05, 0) is 68.0 Å². The molecule has 2 aromatic rings. The van der Waals surface area contributed by atoms with Crippen molar-refractivity contribution < 1.29 is 4.79 Å². The molecule has 0 spiro atoms. The number of nitrogens with one attached hydrogen (secondary N) is 1. The lowest BCUT2D eigenvalue weighted by Crippen LogP contribution is -2.46. The van der Waals surface area contributed by atoms with E-state index in [0.717, 1.165) is 39.0 Å². The summed E-state index contributed by atoms with van der Waals surface area (Å²) in [5.41, 5.74) is 5.35. The Kier molecular flexibility index (Phi) is 6.50. The zero-order chi connectivity index (χ0) is 20.1. The molecule has 0 aromatic heterocycles. The molecule has 0 bridgehead atoms. The zero-order valence-corrected chi connectivity index (χ0v) is 17.6. The second-order valence-corrected chi connectivity index (χ2v) is 8.53. The fourth-order valence-corrected chi connectivity index (χ4v) is 4.50. The molecule has 2 aliphatic rings. The Morgan fingerprint density at radius 1 is 1.00 bits per heavy atom. The minimum atomic E-state index is 0.179.